The zero-order valence-electron chi connectivity index (χ0n) is 16.1. The lowest BCUT2D eigenvalue weighted by Crippen LogP contribution is -2.52. The molecule has 10 heteroatoms. The number of benzene rings is 1. The zero-order chi connectivity index (χ0) is 20.8. The monoisotopic (exact) mass is 439 g/mol. The average Bonchev–Trinajstić information content (AvgIpc) is 3.01. The Morgan fingerprint density at radius 1 is 1.14 bits per heavy atom. The number of hydrogen-bond donors (Lipinski definition) is 1. The second kappa shape index (κ2) is 7.39. The maximum atomic E-state index is 13.2. The number of sulfonamides is 1. The summed E-state index contributed by atoms with van der Waals surface area (Å²) in [5.74, 6) is 0.229. The Kier molecular flexibility index (Phi) is 5.18. The molecule has 2 aromatic rings. The van der Waals surface area contributed by atoms with Crippen molar-refractivity contribution in [2.75, 3.05) is 14.2 Å². The molecular weight excluding hydrogens is 418 g/mol. The molecule has 4 rings (SSSR count). The molecule has 2 aliphatic rings. The minimum Gasteiger partial charge on any atom is -0.481 e. The van der Waals surface area contributed by atoms with Crippen LogP contribution in [0, 0.1) is 0 Å². The Morgan fingerprint density at radius 3 is 2.31 bits per heavy atom. The van der Waals surface area contributed by atoms with Crippen LogP contribution in [-0.2, 0) is 15.6 Å². The molecule has 0 unspecified atom stereocenters. The van der Waals surface area contributed by atoms with Crippen LogP contribution in [0.25, 0.3) is 0 Å². The molecule has 2 fully saturated rings. The van der Waals surface area contributed by atoms with Gasteiger partial charge in [0.15, 0.2) is 0 Å². The van der Waals surface area contributed by atoms with Gasteiger partial charge < -0.3 is 14.6 Å². The van der Waals surface area contributed by atoms with Crippen LogP contribution in [0.15, 0.2) is 35.4 Å². The predicted octanol–water partition coefficient (Wildman–Crippen LogP) is 2.35. The molecule has 0 spiro atoms. The Balaban J connectivity index is 1.66. The second-order valence-electron chi connectivity index (χ2n) is 7.39. The number of hydrogen-bond acceptors (Lipinski definition) is 7. The van der Waals surface area contributed by atoms with Crippen molar-refractivity contribution >= 4 is 21.6 Å². The van der Waals surface area contributed by atoms with Crippen molar-refractivity contribution in [3.63, 3.8) is 0 Å². The quantitative estimate of drug-likeness (QED) is 0.762. The van der Waals surface area contributed by atoms with Gasteiger partial charge in [0, 0.05) is 23.3 Å². The third-order valence-electron chi connectivity index (χ3n) is 5.70. The fourth-order valence-electron chi connectivity index (χ4n) is 4.45. The molecule has 29 heavy (non-hydrogen) atoms. The lowest BCUT2D eigenvalue weighted by Gasteiger charge is -2.43. The van der Waals surface area contributed by atoms with Crippen LogP contribution in [0.3, 0.4) is 0 Å². The van der Waals surface area contributed by atoms with Gasteiger partial charge in [-0.2, -0.15) is 9.29 Å². The van der Waals surface area contributed by atoms with E-state index in [1.54, 1.807) is 16.4 Å². The fourth-order valence-corrected chi connectivity index (χ4v) is 6.44. The number of aliphatic hydroxyl groups is 1. The molecule has 2 atom stereocenters. The van der Waals surface area contributed by atoms with Gasteiger partial charge in [0.2, 0.25) is 15.9 Å². The third-order valence-corrected chi connectivity index (χ3v) is 7.97. The highest BCUT2D eigenvalue weighted by Gasteiger charge is 2.53. The van der Waals surface area contributed by atoms with Crippen LogP contribution >= 0.6 is 11.6 Å². The molecule has 2 aliphatic heterocycles. The molecule has 1 aromatic heterocycles. The van der Waals surface area contributed by atoms with Crippen molar-refractivity contribution in [1.82, 2.24) is 14.3 Å². The number of aromatic nitrogens is 2. The molecular formula is C19H22ClN3O5S. The van der Waals surface area contributed by atoms with Crippen LogP contribution in [0.1, 0.15) is 31.2 Å². The van der Waals surface area contributed by atoms with E-state index in [1.807, 2.05) is 0 Å². The van der Waals surface area contributed by atoms with E-state index in [0.29, 0.717) is 23.4 Å². The molecule has 8 nitrogen and oxygen atoms in total. The fraction of sp³-hybridized carbons (Fsp3) is 0.474. The van der Waals surface area contributed by atoms with E-state index in [2.05, 4.69) is 9.97 Å². The average molecular weight is 440 g/mol. The summed E-state index contributed by atoms with van der Waals surface area (Å²) in [6.45, 7) is 0. The van der Waals surface area contributed by atoms with Gasteiger partial charge in [0.1, 0.15) is 0 Å². The third kappa shape index (κ3) is 3.46. The second-order valence-corrected chi connectivity index (χ2v) is 9.67. The van der Waals surface area contributed by atoms with Crippen LogP contribution in [0.2, 0.25) is 5.02 Å². The normalized spacial score (nSPS) is 27.0. The number of methoxy groups -OCH3 is 2. The van der Waals surface area contributed by atoms with Gasteiger partial charge in [-0.05, 0) is 49.9 Å². The SMILES string of the molecule is COc1ncc(C2(O)C[C@H]3CC[C@H](C2)N3S(=O)(=O)c2ccc(Cl)cc2)c(OC)n1. The first kappa shape index (κ1) is 20.3. The minimum absolute atomic E-state index is 0.139. The van der Waals surface area contributed by atoms with Crippen molar-refractivity contribution in [3.05, 3.63) is 41.0 Å². The zero-order valence-corrected chi connectivity index (χ0v) is 17.7. The van der Waals surface area contributed by atoms with Gasteiger partial charge in [-0.3, -0.25) is 0 Å². The summed E-state index contributed by atoms with van der Waals surface area (Å²) in [4.78, 5) is 8.47. The number of rotatable bonds is 5. The lowest BCUT2D eigenvalue weighted by molar-refractivity contribution is -0.0362. The van der Waals surface area contributed by atoms with E-state index in [0.717, 1.165) is 0 Å². The maximum Gasteiger partial charge on any atom is 0.319 e. The number of nitrogens with zero attached hydrogens (tertiary/aromatic N) is 3. The first-order valence-corrected chi connectivity index (χ1v) is 11.1. The number of fused-ring (bicyclic) bond motifs is 2. The highest BCUT2D eigenvalue weighted by molar-refractivity contribution is 7.89. The molecule has 0 amide bonds. The molecule has 2 bridgehead atoms. The van der Waals surface area contributed by atoms with E-state index in [9.17, 15) is 13.5 Å². The first-order valence-electron chi connectivity index (χ1n) is 9.25. The Morgan fingerprint density at radius 2 is 1.76 bits per heavy atom. The van der Waals surface area contributed by atoms with Crippen molar-refractivity contribution < 1.29 is 23.0 Å². The Bertz CT molecular complexity index is 1000. The van der Waals surface area contributed by atoms with Gasteiger partial charge in [0.25, 0.3) is 0 Å². The van der Waals surface area contributed by atoms with Crippen molar-refractivity contribution in [2.45, 2.75) is 48.3 Å². The van der Waals surface area contributed by atoms with E-state index in [-0.39, 0.29) is 41.7 Å². The highest BCUT2D eigenvalue weighted by Crippen LogP contribution is 2.49. The Labute approximate surface area is 174 Å². The van der Waals surface area contributed by atoms with Gasteiger partial charge in [-0.1, -0.05) is 11.6 Å². The maximum absolute atomic E-state index is 13.2. The minimum atomic E-state index is -3.69. The largest absolute Gasteiger partial charge is 0.481 e. The van der Waals surface area contributed by atoms with Crippen LogP contribution in [0.5, 0.6) is 11.9 Å². The molecule has 1 N–H and O–H groups in total. The van der Waals surface area contributed by atoms with Crippen LogP contribution in [-0.4, -0.2) is 54.1 Å². The number of piperidine rings is 1. The Hall–Kier alpha value is -1.94. The van der Waals surface area contributed by atoms with E-state index in [1.165, 1.54) is 32.5 Å². The summed E-state index contributed by atoms with van der Waals surface area (Å²) in [5.41, 5.74) is -0.837. The first-order chi connectivity index (χ1) is 13.8. The van der Waals surface area contributed by atoms with Gasteiger partial charge in [-0.15, -0.1) is 0 Å². The topological polar surface area (TPSA) is 102 Å². The summed E-state index contributed by atoms with van der Waals surface area (Å²) in [7, 11) is -0.783. The van der Waals surface area contributed by atoms with Crippen molar-refractivity contribution in [2.24, 2.45) is 0 Å². The summed E-state index contributed by atoms with van der Waals surface area (Å²) in [6, 6.07) is 5.64. The summed E-state index contributed by atoms with van der Waals surface area (Å²) in [6.07, 6.45) is 3.33. The summed E-state index contributed by atoms with van der Waals surface area (Å²) < 4.78 is 38.4. The summed E-state index contributed by atoms with van der Waals surface area (Å²) in [5, 5.41) is 11.9. The number of ether oxygens (including phenoxy) is 2. The van der Waals surface area contributed by atoms with Crippen LogP contribution in [0.4, 0.5) is 0 Å². The highest BCUT2D eigenvalue weighted by atomic mass is 35.5. The van der Waals surface area contributed by atoms with E-state index >= 15 is 0 Å². The molecule has 0 saturated carbocycles. The van der Waals surface area contributed by atoms with Gasteiger partial charge in [-0.25, -0.2) is 13.4 Å². The van der Waals surface area contributed by atoms with Crippen molar-refractivity contribution in [1.29, 1.82) is 0 Å². The molecule has 3 heterocycles. The lowest BCUT2D eigenvalue weighted by atomic mass is 9.82. The molecule has 0 aliphatic carbocycles. The van der Waals surface area contributed by atoms with Crippen LogP contribution < -0.4 is 9.47 Å². The number of halogens is 1. The van der Waals surface area contributed by atoms with Gasteiger partial charge >= 0.3 is 6.01 Å². The molecule has 2 saturated heterocycles. The van der Waals surface area contributed by atoms with E-state index in [4.69, 9.17) is 21.1 Å². The summed E-state index contributed by atoms with van der Waals surface area (Å²) >= 11 is 5.90. The van der Waals surface area contributed by atoms with Crippen molar-refractivity contribution in [3.8, 4) is 11.9 Å². The molecule has 156 valence electrons. The smallest absolute Gasteiger partial charge is 0.319 e. The van der Waals surface area contributed by atoms with E-state index < -0.39 is 15.6 Å². The standard InChI is InChI=1S/C19H22ClN3O5S/c1-27-17-16(11-21-18(22-17)28-2)19(24)9-13-5-6-14(10-19)23(13)29(25,26)15-7-3-12(20)4-8-15/h3-4,7-8,11,13-14,24H,5-6,9-10H2,1-2H3/t13-,14-/m1/s1. The van der Waals surface area contributed by atoms with Gasteiger partial charge in [0.05, 0.1) is 30.3 Å². The molecule has 0 radical (unpaired) electrons. The predicted molar refractivity (Wildman–Crippen MR) is 106 cm³/mol. The molecule has 1 aromatic carbocycles.